The Balaban J connectivity index is 2.30. The highest BCUT2D eigenvalue weighted by atomic mass is 16.1. The van der Waals surface area contributed by atoms with Crippen LogP contribution in [-0.4, -0.2) is 5.78 Å². The van der Waals surface area contributed by atoms with Crippen LogP contribution in [0.4, 0.5) is 0 Å². The molecule has 64 valence electrons. The predicted octanol–water partition coefficient (Wildman–Crippen LogP) is 2.79. The molecule has 2 unspecified atom stereocenters. The van der Waals surface area contributed by atoms with Crippen molar-refractivity contribution >= 4 is 5.78 Å². The molecule has 1 nitrogen and oxygen atoms in total. The van der Waals surface area contributed by atoms with E-state index >= 15 is 0 Å². The summed E-state index contributed by atoms with van der Waals surface area (Å²) >= 11 is 0. The van der Waals surface area contributed by atoms with Crippen LogP contribution in [0.2, 0.25) is 0 Å². The van der Waals surface area contributed by atoms with Gasteiger partial charge in [-0.1, -0.05) is 26.7 Å². The molecule has 0 aromatic heterocycles. The number of carbonyl (C=O) groups excluding carboxylic acids is 1. The fourth-order valence-corrected chi connectivity index (χ4v) is 2.02. The van der Waals surface area contributed by atoms with E-state index in [0.717, 1.165) is 25.2 Å². The molecule has 0 aromatic carbocycles. The van der Waals surface area contributed by atoms with Crippen LogP contribution in [0.25, 0.3) is 0 Å². The highest BCUT2D eigenvalue weighted by Gasteiger charge is 2.25. The van der Waals surface area contributed by atoms with E-state index in [2.05, 4.69) is 13.8 Å². The normalized spacial score (nSPS) is 27.5. The zero-order valence-corrected chi connectivity index (χ0v) is 7.60. The highest BCUT2D eigenvalue weighted by Crippen LogP contribution is 2.31. The Morgan fingerprint density at radius 1 is 1.64 bits per heavy atom. The number of hydrogen-bond acceptors (Lipinski definition) is 1. The summed E-state index contributed by atoms with van der Waals surface area (Å²) < 4.78 is 0. The predicted molar refractivity (Wildman–Crippen MR) is 46.4 cm³/mol. The van der Waals surface area contributed by atoms with Gasteiger partial charge in [0.25, 0.3) is 0 Å². The van der Waals surface area contributed by atoms with Crippen molar-refractivity contribution in [2.75, 3.05) is 0 Å². The Morgan fingerprint density at radius 2 is 2.36 bits per heavy atom. The van der Waals surface area contributed by atoms with Crippen LogP contribution in [0.1, 0.15) is 46.0 Å². The first-order valence-electron chi connectivity index (χ1n) is 4.75. The smallest absolute Gasteiger partial charge is 0.133 e. The maximum atomic E-state index is 11.0. The van der Waals surface area contributed by atoms with Gasteiger partial charge in [0.05, 0.1) is 0 Å². The summed E-state index contributed by atoms with van der Waals surface area (Å²) in [5, 5.41) is 0. The molecular weight excluding hydrogens is 136 g/mol. The van der Waals surface area contributed by atoms with Crippen molar-refractivity contribution in [3.05, 3.63) is 0 Å². The Kier molecular flexibility index (Phi) is 3.10. The first-order valence-corrected chi connectivity index (χ1v) is 4.75. The SMILES string of the molecule is CCCC(C)C1CCC(=O)C1. The second kappa shape index (κ2) is 3.89. The van der Waals surface area contributed by atoms with Crippen LogP contribution < -0.4 is 0 Å². The maximum Gasteiger partial charge on any atom is 0.133 e. The molecule has 0 spiro atoms. The van der Waals surface area contributed by atoms with Crippen molar-refractivity contribution in [3.63, 3.8) is 0 Å². The van der Waals surface area contributed by atoms with E-state index in [0.29, 0.717) is 11.7 Å². The van der Waals surface area contributed by atoms with E-state index in [1.54, 1.807) is 0 Å². The van der Waals surface area contributed by atoms with Crippen LogP contribution in [0, 0.1) is 11.8 Å². The van der Waals surface area contributed by atoms with Gasteiger partial charge in [0.15, 0.2) is 0 Å². The second-order valence-corrected chi connectivity index (χ2v) is 3.81. The third-order valence-corrected chi connectivity index (χ3v) is 2.83. The number of ketones is 1. The van der Waals surface area contributed by atoms with Gasteiger partial charge in [0.2, 0.25) is 0 Å². The molecule has 0 bridgehead atoms. The van der Waals surface area contributed by atoms with Crippen molar-refractivity contribution in [1.82, 2.24) is 0 Å². The summed E-state index contributed by atoms with van der Waals surface area (Å²) in [4.78, 5) is 11.0. The Bertz CT molecular complexity index is 140. The second-order valence-electron chi connectivity index (χ2n) is 3.81. The molecule has 1 aliphatic rings. The fourth-order valence-electron chi connectivity index (χ4n) is 2.02. The standard InChI is InChI=1S/C10H18O/c1-3-4-8(2)9-5-6-10(11)7-9/h8-9H,3-7H2,1-2H3. The van der Waals surface area contributed by atoms with Crippen LogP contribution >= 0.6 is 0 Å². The molecule has 1 heteroatoms. The van der Waals surface area contributed by atoms with E-state index in [1.165, 1.54) is 12.8 Å². The van der Waals surface area contributed by atoms with Crippen molar-refractivity contribution in [2.24, 2.45) is 11.8 Å². The molecule has 1 rings (SSSR count). The van der Waals surface area contributed by atoms with Crippen molar-refractivity contribution in [1.29, 1.82) is 0 Å². The first kappa shape index (κ1) is 8.76. The lowest BCUT2D eigenvalue weighted by molar-refractivity contribution is -0.117. The Morgan fingerprint density at radius 3 is 2.82 bits per heavy atom. The zero-order valence-electron chi connectivity index (χ0n) is 7.60. The van der Waals surface area contributed by atoms with Crippen LogP contribution in [-0.2, 0) is 4.79 Å². The summed E-state index contributed by atoms with van der Waals surface area (Å²) in [6.07, 6.45) is 5.41. The average molecular weight is 154 g/mol. The minimum absolute atomic E-state index is 0.484. The minimum atomic E-state index is 0.484. The minimum Gasteiger partial charge on any atom is -0.300 e. The molecule has 0 N–H and O–H groups in total. The van der Waals surface area contributed by atoms with E-state index in [4.69, 9.17) is 0 Å². The van der Waals surface area contributed by atoms with Crippen molar-refractivity contribution in [2.45, 2.75) is 46.0 Å². The molecule has 0 amide bonds. The summed E-state index contributed by atoms with van der Waals surface area (Å²) in [6, 6.07) is 0. The van der Waals surface area contributed by atoms with Crippen molar-refractivity contribution in [3.8, 4) is 0 Å². The summed E-state index contributed by atoms with van der Waals surface area (Å²) in [5.74, 6) is 1.96. The monoisotopic (exact) mass is 154 g/mol. The third-order valence-electron chi connectivity index (χ3n) is 2.83. The molecule has 1 saturated carbocycles. The van der Waals surface area contributed by atoms with Crippen LogP contribution in [0.15, 0.2) is 0 Å². The van der Waals surface area contributed by atoms with Crippen LogP contribution in [0.3, 0.4) is 0 Å². The third kappa shape index (κ3) is 2.32. The number of rotatable bonds is 3. The number of Topliss-reactive ketones (excluding diaryl/α,β-unsaturated/α-hetero) is 1. The maximum absolute atomic E-state index is 11.0. The highest BCUT2D eigenvalue weighted by molar-refractivity contribution is 5.80. The van der Waals surface area contributed by atoms with Gasteiger partial charge in [-0.05, 0) is 18.3 Å². The van der Waals surface area contributed by atoms with Gasteiger partial charge >= 0.3 is 0 Å². The van der Waals surface area contributed by atoms with Gasteiger partial charge in [-0.15, -0.1) is 0 Å². The lowest BCUT2D eigenvalue weighted by Crippen LogP contribution is -2.07. The summed E-state index contributed by atoms with van der Waals surface area (Å²) in [7, 11) is 0. The van der Waals surface area contributed by atoms with Gasteiger partial charge in [0, 0.05) is 12.8 Å². The molecule has 2 atom stereocenters. The van der Waals surface area contributed by atoms with Crippen molar-refractivity contribution < 1.29 is 4.79 Å². The fraction of sp³-hybridized carbons (Fsp3) is 0.900. The molecule has 1 fully saturated rings. The lowest BCUT2D eigenvalue weighted by atomic mass is 9.89. The Hall–Kier alpha value is -0.330. The molecule has 11 heavy (non-hydrogen) atoms. The zero-order chi connectivity index (χ0) is 8.27. The first-order chi connectivity index (χ1) is 5.24. The number of carbonyl (C=O) groups is 1. The van der Waals surface area contributed by atoms with Gasteiger partial charge in [-0.2, -0.15) is 0 Å². The molecule has 0 aromatic rings. The van der Waals surface area contributed by atoms with E-state index in [9.17, 15) is 4.79 Å². The van der Waals surface area contributed by atoms with E-state index in [1.807, 2.05) is 0 Å². The van der Waals surface area contributed by atoms with E-state index < -0.39 is 0 Å². The summed E-state index contributed by atoms with van der Waals surface area (Å²) in [5.41, 5.74) is 0. The lowest BCUT2D eigenvalue weighted by Gasteiger charge is -2.16. The molecule has 0 radical (unpaired) electrons. The molecular formula is C10H18O. The largest absolute Gasteiger partial charge is 0.300 e. The molecule has 0 heterocycles. The molecule has 0 saturated heterocycles. The van der Waals surface area contributed by atoms with Gasteiger partial charge in [-0.3, -0.25) is 4.79 Å². The molecule has 0 aliphatic heterocycles. The number of hydrogen-bond donors (Lipinski definition) is 0. The van der Waals surface area contributed by atoms with Gasteiger partial charge < -0.3 is 0 Å². The quantitative estimate of drug-likeness (QED) is 0.611. The summed E-state index contributed by atoms with van der Waals surface area (Å²) in [6.45, 7) is 4.50. The van der Waals surface area contributed by atoms with Gasteiger partial charge in [0.1, 0.15) is 5.78 Å². The van der Waals surface area contributed by atoms with Gasteiger partial charge in [-0.25, -0.2) is 0 Å². The Labute approximate surface area is 69.2 Å². The van der Waals surface area contributed by atoms with E-state index in [-0.39, 0.29) is 0 Å². The average Bonchev–Trinajstić information content (AvgIpc) is 2.36. The molecule has 1 aliphatic carbocycles. The van der Waals surface area contributed by atoms with Crippen LogP contribution in [0.5, 0.6) is 0 Å². The topological polar surface area (TPSA) is 17.1 Å².